The predicted molar refractivity (Wildman–Crippen MR) is 80.6 cm³/mol. The van der Waals surface area contributed by atoms with Crippen molar-refractivity contribution >= 4 is 33.5 Å². The highest BCUT2D eigenvalue weighted by molar-refractivity contribution is 9.10. The number of carboxylic acid groups (broad SMARTS) is 1. The zero-order valence-electron chi connectivity index (χ0n) is 11.4. The number of halogens is 1. The smallest absolute Gasteiger partial charge is 0.307 e. The highest BCUT2D eigenvalue weighted by Gasteiger charge is 2.35. The van der Waals surface area contributed by atoms with Gasteiger partial charge in [0.15, 0.2) is 0 Å². The Hall–Kier alpha value is -1.36. The molecule has 108 valence electrons. The molecule has 1 amide bonds. The van der Waals surface area contributed by atoms with E-state index in [1.807, 2.05) is 25.1 Å². The number of aliphatic carboxylic acids is 1. The molecule has 5 heteroatoms. The van der Waals surface area contributed by atoms with Crippen LogP contribution in [-0.2, 0) is 9.59 Å². The number of aryl methyl sites for hydroxylation is 1. The first kappa shape index (κ1) is 15.0. The summed E-state index contributed by atoms with van der Waals surface area (Å²) < 4.78 is 0.813. The Kier molecular flexibility index (Phi) is 4.81. The summed E-state index contributed by atoms with van der Waals surface area (Å²) in [6.07, 6.45) is 3.03. The van der Waals surface area contributed by atoms with Gasteiger partial charge in [0, 0.05) is 4.47 Å². The maximum atomic E-state index is 12.3. The van der Waals surface area contributed by atoms with E-state index in [2.05, 4.69) is 21.2 Å². The van der Waals surface area contributed by atoms with Crippen molar-refractivity contribution < 1.29 is 14.7 Å². The van der Waals surface area contributed by atoms with Crippen molar-refractivity contribution in [2.75, 3.05) is 5.32 Å². The Labute approximate surface area is 126 Å². The number of carboxylic acids is 1. The van der Waals surface area contributed by atoms with Gasteiger partial charge in [-0.3, -0.25) is 9.59 Å². The SMILES string of the molecule is Cc1ccc(NC(=O)[C@@H]2CCCC[C@H]2C(=O)O)c(Br)c1. The number of amides is 1. The number of benzene rings is 1. The molecule has 4 nitrogen and oxygen atoms in total. The Balaban J connectivity index is 2.12. The van der Waals surface area contributed by atoms with Gasteiger partial charge in [0.25, 0.3) is 0 Å². The summed E-state index contributed by atoms with van der Waals surface area (Å²) in [4.78, 5) is 23.6. The first-order valence-corrected chi connectivity index (χ1v) is 7.58. The van der Waals surface area contributed by atoms with Crippen molar-refractivity contribution in [1.29, 1.82) is 0 Å². The molecule has 0 heterocycles. The quantitative estimate of drug-likeness (QED) is 0.884. The fraction of sp³-hybridized carbons (Fsp3) is 0.467. The minimum Gasteiger partial charge on any atom is -0.481 e. The minimum absolute atomic E-state index is 0.193. The lowest BCUT2D eigenvalue weighted by Gasteiger charge is -2.27. The molecule has 0 aromatic heterocycles. The van der Waals surface area contributed by atoms with Crippen LogP contribution in [0.2, 0.25) is 0 Å². The van der Waals surface area contributed by atoms with E-state index in [0.717, 1.165) is 22.9 Å². The molecule has 20 heavy (non-hydrogen) atoms. The first-order chi connectivity index (χ1) is 9.49. The summed E-state index contributed by atoms with van der Waals surface area (Å²) in [7, 11) is 0. The second-order valence-corrected chi connectivity index (χ2v) is 6.16. The number of hydrogen-bond donors (Lipinski definition) is 2. The lowest BCUT2D eigenvalue weighted by Crippen LogP contribution is -2.36. The van der Waals surface area contributed by atoms with Gasteiger partial charge in [0.1, 0.15) is 0 Å². The van der Waals surface area contributed by atoms with Gasteiger partial charge in [-0.15, -0.1) is 0 Å². The van der Waals surface area contributed by atoms with Crippen LogP contribution >= 0.6 is 15.9 Å². The van der Waals surface area contributed by atoms with E-state index in [4.69, 9.17) is 0 Å². The largest absolute Gasteiger partial charge is 0.481 e. The fourth-order valence-corrected chi connectivity index (χ4v) is 3.28. The molecule has 2 rings (SSSR count). The summed E-state index contributed by atoms with van der Waals surface area (Å²) in [5, 5.41) is 12.1. The zero-order valence-corrected chi connectivity index (χ0v) is 12.9. The molecule has 1 aliphatic carbocycles. The second kappa shape index (κ2) is 6.39. The van der Waals surface area contributed by atoms with E-state index in [0.29, 0.717) is 18.5 Å². The molecule has 1 saturated carbocycles. The van der Waals surface area contributed by atoms with Crippen LogP contribution in [0.15, 0.2) is 22.7 Å². The van der Waals surface area contributed by atoms with Gasteiger partial charge in [-0.25, -0.2) is 0 Å². The van der Waals surface area contributed by atoms with Gasteiger partial charge in [-0.1, -0.05) is 18.9 Å². The molecule has 1 fully saturated rings. The average molecular weight is 340 g/mol. The van der Waals surface area contributed by atoms with Crippen LogP contribution < -0.4 is 5.32 Å². The molecule has 1 aromatic carbocycles. The number of hydrogen-bond acceptors (Lipinski definition) is 2. The van der Waals surface area contributed by atoms with Crippen LogP contribution in [-0.4, -0.2) is 17.0 Å². The first-order valence-electron chi connectivity index (χ1n) is 6.79. The van der Waals surface area contributed by atoms with E-state index in [1.54, 1.807) is 0 Å². The molecular formula is C15H18BrNO3. The van der Waals surface area contributed by atoms with Gasteiger partial charge >= 0.3 is 5.97 Å². The van der Waals surface area contributed by atoms with Crippen molar-refractivity contribution in [1.82, 2.24) is 0 Å². The summed E-state index contributed by atoms with van der Waals surface area (Å²) in [6.45, 7) is 1.97. The van der Waals surface area contributed by atoms with Crippen molar-refractivity contribution in [3.63, 3.8) is 0 Å². The van der Waals surface area contributed by atoms with Gasteiger partial charge in [0.2, 0.25) is 5.91 Å². The number of anilines is 1. The molecule has 0 aliphatic heterocycles. The van der Waals surface area contributed by atoms with Crippen LogP contribution in [0.25, 0.3) is 0 Å². The number of rotatable bonds is 3. The maximum Gasteiger partial charge on any atom is 0.307 e. The van der Waals surface area contributed by atoms with Gasteiger partial charge < -0.3 is 10.4 Å². The van der Waals surface area contributed by atoms with Crippen molar-refractivity contribution in [2.24, 2.45) is 11.8 Å². The van der Waals surface area contributed by atoms with Crippen LogP contribution in [0, 0.1) is 18.8 Å². The van der Waals surface area contributed by atoms with Gasteiger partial charge in [-0.05, 0) is 53.4 Å². The molecular weight excluding hydrogens is 322 g/mol. The van der Waals surface area contributed by atoms with E-state index in [1.165, 1.54) is 0 Å². The monoisotopic (exact) mass is 339 g/mol. The normalized spacial score (nSPS) is 22.3. The van der Waals surface area contributed by atoms with Gasteiger partial charge in [-0.2, -0.15) is 0 Å². The third-order valence-corrected chi connectivity index (χ3v) is 4.46. The Bertz CT molecular complexity index is 530. The summed E-state index contributed by atoms with van der Waals surface area (Å²) >= 11 is 3.41. The van der Waals surface area contributed by atoms with E-state index in [9.17, 15) is 14.7 Å². The van der Waals surface area contributed by atoms with Crippen LogP contribution in [0.5, 0.6) is 0 Å². The molecule has 0 bridgehead atoms. The summed E-state index contributed by atoms with van der Waals surface area (Å²) in [5.74, 6) is -2.06. The molecule has 0 saturated heterocycles. The van der Waals surface area contributed by atoms with E-state index < -0.39 is 17.8 Å². The lowest BCUT2D eigenvalue weighted by molar-refractivity contribution is -0.147. The highest BCUT2D eigenvalue weighted by atomic mass is 79.9. The minimum atomic E-state index is -0.868. The van der Waals surface area contributed by atoms with Gasteiger partial charge in [0.05, 0.1) is 17.5 Å². The molecule has 0 unspecified atom stereocenters. The van der Waals surface area contributed by atoms with Crippen LogP contribution in [0.4, 0.5) is 5.69 Å². The molecule has 0 radical (unpaired) electrons. The van der Waals surface area contributed by atoms with E-state index >= 15 is 0 Å². The molecule has 1 aliphatic rings. The van der Waals surface area contributed by atoms with E-state index in [-0.39, 0.29) is 5.91 Å². The van der Waals surface area contributed by atoms with Crippen LogP contribution in [0.3, 0.4) is 0 Å². The number of carbonyl (C=O) groups excluding carboxylic acids is 1. The Morgan fingerprint density at radius 1 is 1.25 bits per heavy atom. The molecule has 1 aromatic rings. The fourth-order valence-electron chi connectivity index (χ4n) is 2.69. The van der Waals surface area contributed by atoms with Crippen molar-refractivity contribution in [3.8, 4) is 0 Å². The standard InChI is InChI=1S/C15H18BrNO3/c1-9-6-7-13(12(16)8-9)17-14(18)10-4-2-3-5-11(10)15(19)20/h6-8,10-11H,2-5H2,1H3,(H,17,18)(H,19,20)/t10-,11-/m1/s1. The molecule has 2 atom stereocenters. The van der Waals surface area contributed by atoms with Crippen LogP contribution in [0.1, 0.15) is 31.2 Å². The highest BCUT2D eigenvalue weighted by Crippen LogP contribution is 2.32. The molecule has 0 spiro atoms. The third-order valence-electron chi connectivity index (χ3n) is 3.80. The van der Waals surface area contributed by atoms with Crippen molar-refractivity contribution in [3.05, 3.63) is 28.2 Å². The zero-order chi connectivity index (χ0) is 14.7. The average Bonchev–Trinajstić information content (AvgIpc) is 2.41. The lowest BCUT2D eigenvalue weighted by atomic mass is 9.78. The maximum absolute atomic E-state index is 12.3. The topological polar surface area (TPSA) is 66.4 Å². The second-order valence-electron chi connectivity index (χ2n) is 5.31. The predicted octanol–water partition coefficient (Wildman–Crippen LogP) is 3.59. The third kappa shape index (κ3) is 3.39. The Morgan fingerprint density at radius 2 is 1.90 bits per heavy atom. The van der Waals surface area contributed by atoms with Crippen molar-refractivity contribution in [2.45, 2.75) is 32.6 Å². The summed E-state index contributed by atoms with van der Waals surface area (Å²) in [6, 6.07) is 5.66. The molecule has 2 N–H and O–H groups in total. The summed E-state index contributed by atoms with van der Waals surface area (Å²) in [5.41, 5.74) is 1.78. The number of carbonyl (C=O) groups is 2. The Morgan fingerprint density at radius 3 is 2.50 bits per heavy atom. The number of nitrogens with one attached hydrogen (secondary N) is 1.